The van der Waals surface area contributed by atoms with Crippen molar-refractivity contribution in [2.75, 3.05) is 18.1 Å². The van der Waals surface area contributed by atoms with Gasteiger partial charge in [0.1, 0.15) is 0 Å². The van der Waals surface area contributed by atoms with Crippen LogP contribution in [0.15, 0.2) is 0 Å². The summed E-state index contributed by atoms with van der Waals surface area (Å²) in [6, 6.07) is -0.0221. The van der Waals surface area contributed by atoms with Gasteiger partial charge in [0.2, 0.25) is 11.8 Å². The number of sulfone groups is 1. The first-order valence-corrected chi connectivity index (χ1v) is 10.5. The molecule has 3 rings (SSSR count). The van der Waals surface area contributed by atoms with E-state index in [2.05, 4.69) is 12.2 Å². The lowest BCUT2D eigenvalue weighted by Crippen LogP contribution is -2.45. The van der Waals surface area contributed by atoms with E-state index in [1.165, 1.54) is 6.42 Å². The summed E-state index contributed by atoms with van der Waals surface area (Å²) in [5.41, 5.74) is 0. The number of hydrogen-bond acceptors (Lipinski definition) is 4. The molecule has 6 nitrogen and oxygen atoms in total. The third kappa shape index (κ3) is 3.70. The van der Waals surface area contributed by atoms with Crippen LogP contribution in [0.2, 0.25) is 0 Å². The number of carbonyl (C=O) groups is 2. The second-order valence-electron chi connectivity index (χ2n) is 7.38. The molecule has 23 heavy (non-hydrogen) atoms. The van der Waals surface area contributed by atoms with Crippen molar-refractivity contribution in [1.29, 1.82) is 0 Å². The van der Waals surface area contributed by atoms with E-state index in [0.717, 1.165) is 19.3 Å². The molecule has 0 bridgehead atoms. The summed E-state index contributed by atoms with van der Waals surface area (Å²) in [5.74, 6) is 0.232. The second kappa shape index (κ2) is 6.42. The maximum atomic E-state index is 12.5. The molecule has 0 radical (unpaired) electrons. The molecule has 0 aromatic rings. The SMILES string of the molecule is C[C@@H]1CCCC[C@@H]1NC(=O)[C@H]1CC(=O)N([C@@H]2CCS(=O)(=O)C2)C1. The average molecular weight is 342 g/mol. The van der Waals surface area contributed by atoms with Crippen molar-refractivity contribution in [1.82, 2.24) is 10.2 Å². The molecular formula is C16H26N2O4S. The highest BCUT2D eigenvalue weighted by Crippen LogP contribution is 2.28. The smallest absolute Gasteiger partial charge is 0.225 e. The quantitative estimate of drug-likeness (QED) is 0.819. The molecule has 1 aliphatic carbocycles. The number of carbonyl (C=O) groups excluding carboxylic acids is 2. The van der Waals surface area contributed by atoms with Crippen LogP contribution in [0.5, 0.6) is 0 Å². The number of nitrogens with one attached hydrogen (secondary N) is 1. The Hall–Kier alpha value is -1.11. The van der Waals surface area contributed by atoms with Gasteiger partial charge in [0, 0.05) is 25.0 Å². The minimum atomic E-state index is -3.02. The van der Waals surface area contributed by atoms with Crippen LogP contribution < -0.4 is 5.32 Å². The van der Waals surface area contributed by atoms with Gasteiger partial charge < -0.3 is 10.2 Å². The molecule has 1 saturated carbocycles. The summed E-state index contributed by atoms with van der Waals surface area (Å²) in [7, 11) is -3.02. The Balaban J connectivity index is 1.57. The van der Waals surface area contributed by atoms with Gasteiger partial charge in [-0.1, -0.05) is 19.8 Å². The second-order valence-corrected chi connectivity index (χ2v) is 9.61. The lowest BCUT2D eigenvalue weighted by molar-refractivity contribution is -0.130. The van der Waals surface area contributed by atoms with Crippen LogP contribution in [0.3, 0.4) is 0 Å². The summed E-state index contributed by atoms with van der Waals surface area (Å²) in [6.45, 7) is 2.53. The number of amides is 2. The Bertz CT molecular complexity index is 589. The normalized spacial score (nSPS) is 37.1. The van der Waals surface area contributed by atoms with Crippen molar-refractivity contribution >= 4 is 21.7 Å². The predicted octanol–water partition coefficient (Wildman–Crippen LogP) is 0.717. The lowest BCUT2D eigenvalue weighted by atomic mass is 9.85. The van der Waals surface area contributed by atoms with Gasteiger partial charge in [-0.25, -0.2) is 8.42 Å². The highest BCUT2D eigenvalue weighted by atomic mass is 32.2. The largest absolute Gasteiger partial charge is 0.353 e. The molecule has 7 heteroatoms. The van der Waals surface area contributed by atoms with Crippen molar-refractivity contribution in [3.05, 3.63) is 0 Å². The van der Waals surface area contributed by atoms with Gasteiger partial charge in [-0.3, -0.25) is 9.59 Å². The highest BCUT2D eigenvalue weighted by molar-refractivity contribution is 7.91. The molecule has 3 aliphatic rings. The van der Waals surface area contributed by atoms with Gasteiger partial charge in [0.05, 0.1) is 17.4 Å². The van der Waals surface area contributed by atoms with E-state index < -0.39 is 9.84 Å². The minimum Gasteiger partial charge on any atom is -0.353 e. The van der Waals surface area contributed by atoms with Crippen LogP contribution >= 0.6 is 0 Å². The fourth-order valence-electron chi connectivity index (χ4n) is 4.11. The Morgan fingerprint density at radius 2 is 1.96 bits per heavy atom. The summed E-state index contributed by atoms with van der Waals surface area (Å²) in [5, 5.41) is 3.12. The zero-order valence-corrected chi connectivity index (χ0v) is 14.5. The van der Waals surface area contributed by atoms with E-state index >= 15 is 0 Å². The van der Waals surface area contributed by atoms with E-state index in [9.17, 15) is 18.0 Å². The van der Waals surface area contributed by atoms with Gasteiger partial charge >= 0.3 is 0 Å². The van der Waals surface area contributed by atoms with Crippen molar-refractivity contribution < 1.29 is 18.0 Å². The third-order valence-corrected chi connectivity index (χ3v) is 7.37. The van der Waals surface area contributed by atoms with Gasteiger partial charge in [-0.2, -0.15) is 0 Å². The highest BCUT2D eigenvalue weighted by Gasteiger charge is 2.42. The fourth-order valence-corrected chi connectivity index (χ4v) is 5.84. The minimum absolute atomic E-state index is 0.0412. The summed E-state index contributed by atoms with van der Waals surface area (Å²) in [4.78, 5) is 26.3. The molecule has 2 saturated heterocycles. The molecule has 2 heterocycles. The van der Waals surface area contributed by atoms with E-state index in [1.807, 2.05) is 0 Å². The maximum absolute atomic E-state index is 12.5. The molecular weight excluding hydrogens is 316 g/mol. The first kappa shape index (κ1) is 16.7. The van der Waals surface area contributed by atoms with Gasteiger partial charge in [0.15, 0.2) is 9.84 Å². The molecule has 0 aromatic heterocycles. The Morgan fingerprint density at radius 3 is 2.61 bits per heavy atom. The molecule has 1 N–H and O–H groups in total. The van der Waals surface area contributed by atoms with E-state index in [0.29, 0.717) is 18.9 Å². The van der Waals surface area contributed by atoms with Crippen LogP contribution in [-0.4, -0.2) is 55.3 Å². The lowest BCUT2D eigenvalue weighted by Gasteiger charge is -2.30. The van der Waals surface area contributed by atoms with Gasteiger partial charge in [-0.15, -0.1) is 0 Å². The Labute approximate surface area is 137 Å². The number of hydrogen-bond donors (Lipinski definition) is 1. The van der Waals surface area contributed by atoms with Crippen LogP contribution in [0.25, 0.3) is 0 Å². The topological polar surface area (TPSA) is 83.6 Å². The van der Waals surface area contributed by atoms with Gasteiger partial charge in [0.25, 0.3) is 0 Å². The molecule has 3 fully saturated rings. The monoisotopic (exact) mass is 342 g/mol. The zero-order valence-electron chi connectivity index (χ0n) is 13.7. The van der Waals surface area contributed by atoms with Crippen LogP contribution in [0.4, 0.5) is 0 Å². The molecule has 2 amide bonds. The molecule has 0 aromatic carbocycles. The fraction of sp³-hybridized carbons (Fsp3) is 0.875. The zero-order chi connectivity index (χ0) is 16.6. The molecule has 0 spiro atoms. The van der Waals surface area contributed by atoms with Crippen LogP contribution in [-0.2, 0) is 19.4 Å². The maximum Gasteiger partial charge on any atom is 0.225 e. The summed E-state index contributed by atoms with van der Waals surface area (Å²) >= 11 is 0. The van der Waals surface area contributed by atoms with Gasteiger partial charge in [-0.05, 0) is 25.2 Å². The average Bonchev–Trinajstić information content (AvgIpc) is 3.04. The van der Waals surface area contributed by atoms with Crippen LogP contribution in [0, 0.1) is 11.8 Å². The molecule has 4 atom stereocenters. The van der Waals surface area contributed by atoms with E-state index in [4.69, 9.17) is 0 Å². The van der Waals surface area contributed by atoms with Crippen molar-refractivity contribution in [2.24, 2.45) is 11.8 Å². The van der Waals surface area contributed by atoms with Crippen molar-refractivity contribution in [3.8, 4) is 0 Å². The van der Waals surface area contributed by atoms with E-state index in [-0.39, 0.29) is 47.7 Å². The summed E-state index contributed by atoms with van der Waals surface area (Å²) < 4.78 is 23.2. The molecule has 2 aliphatic heterocycles. The number of rotatable bonds is 3. The van der Waals surface area contributed by atoms with Crippen LogP contribution in [0.1, 0.15) is 45.4 Å². The first-order chi connectivity index (χ1) is 10.9. The summed E-state index contributed by atoms with van der Waals surface area (Å²) in [6.07, 6.45) is 5.23. The van der Waals surface area contributed by atoms with Crippen molar-refractivity contribution in [3.63, 3.8) is 0 Å². The first-order valence-electron chi connectivity index (χ1n) is 8.66. The third-order valence-electron chi connectivity index (χ3n) is 5.62. The number of nitrogens with zero attached hydrogens (tertiary/aromatic N) is 1. The molecule has 130 valence electrons. The van der Waals surface area contributed by atoms with E-state index in [1.54, 1.807) is 4.90 Å². The standard InChI is InChI=1S/C16H26N2O4S/c1-11-4-2-3-5-14(11)17-16(20)12-8-15(19)18(9-12)13-6-7-23(21,22)10-13/h11-14H,2-10H2,1H3,(H,17,20)/t11-,12+,13-,14+/m1/s1. The predicted molar refractivity (Wildman–Crippen MR) is 86.4 cm³/mol. The van der Waals surface area contributed by atoms with Crippen molar-refractivity contribution in [2.45, 2.75) is 57.5 Å². The Kier molecular flexibility index (Phi) is 4.67. The Morgan fingerprint density at radius 1 is 1.22 bits per heavy atom. The molecule has 0 unspecified atom stereocenters. The number of likely N-dealkylation sites (tertiary alicyclic amines) is 1.